The fraction of sp³-hybridized carbons (Fsp3) is 0.235. The predicted octanol–water partition coefficient (Wildman–Crippen LogP) is 3.44. The molecule has 0 radical (unpaired) electrons. The van der Waals surface area contributed by atoms with Crippen molar-refractivity contribution in [2.24, 2.45) is 0 Å². The molecule has 3 rings (SSSR count). The topological polar surface area (TPSA) is 49.3 Å². The number of hydrogen-bond acceptors (Lipinski definition) is 2. The number of rotatable bonds is 3. The van der Waals surface area contributed by atoms with E-state index in [0.29, 0.717) is 6.42 Å². The van der Waals surface area contributed by atoms with Crippen LogP contribution in [0.1, 0.15) is 18.4 Å². The third-order valence-electron chi connectivity index (χ3n) is 4.01. The second-order valence-corrected chi connectivity index (χ2v) is 5.18. The zero-order valence-electron chi connectivity index (χ0n) is 11.6. The lowest BCUT2D eigenvalue weighted by atomic mass is 9.87. The van der Waals surface area contributed by atoms with E-state index in [1.165, 1.54) is 0 Å². The smallest absolute Gasteiger partial charge is 0.328 e. The van der Waals surface area contributed by atoms with E-state index >= 15 is 0 Å². The Hall–Kier alpha value is -1.84. The summed E-state index contributed by atoms with van der Waals surface area (Å²) >= 11 is 0. The molecule has 2 aromatic rings. The fourth-order valence-corrected chi connectivity index (χ4v) is 2.87. The Morgan fingerprint density at radius 1 is 1.00 bits per heavy atom. The van der Waals surface area contributed by atoms with Crippen LogP contribution in [0.15, 0.2) is 54.6 Å². The van der Waals surface area contributed by atoms with Crippen LogP contribution in [0.2, 0.25) is 0 Å². The Morgan fingerprint density at radius 3 is 2.14 bits per heavy atom. The molecule has 0 aromatic heterocycles. The normalized spacial score (nSPS) is 20.8. The number of carbonyl (C=O) groups is 1. The second kappa shape index (κ2) is 6.29. The van der Waals surface area contributed by atoms with Crippen LogP contribution in [0, 0.1) is 0 Å². The summed E-state index contributed by atoms with van der Waals surface area (Å²) in [5.41, 5.74) is 2.17. The van der Waals surface area contributed by atoms with Gasteiger partial charge < -0.3 is 5.11 Å². The van der Waals surface area contributed by atoms with Crippen molar-refractivity contribution in [2.45, 2.75) is 18.4 Å². The van der Waals surface area contributed by atoms with Crippen molar-refractivity contribution in [1.82, 2.24) is 5.32 Å². The monoisotopic (exact) mass is 303 g/mol. The lowest BCUT2D eigenvalue weighted by Gasteiger charge is -2.25. The highest BCUT2D eigenvalue weighted by atomic mass is 35.5. The average molecular weight is 304 g/mol. The Kier molecular flexibility index (Phi) is 4.66. The van der Waals surface area contributed by atoms with Crippen LogP contribution in [0.25, 0.3) is 11.1 Å². The van der Waals surface area contributed by atoms with Gasteiger partial charge in [-0.2, -0.15) is 0 Å². The molecule has 2 aromatic carbocycles. The summed E-state index contributed by atoms with van der Waals surface area (Å²) < 4.78 is 0. The molecule has 0 spiro atoms. The minimum Gasteiger partial charge on any atom is -0.480 e. The van der Waals surface area contributed by atoms with Crippen LogP contribution in [0.3, 0.4) is 0 Å². The highest BCUT2D eigenvalue weighted by Gasteiger charge is 2.42. The van der Waals surface area contributed by atoms with Crippen LogP contribution in [-0.2, 0) is 10.3 Å². The Labute approximate surface area is 130 Å². The number of nitrogens with one attached hydrogen (secondary N) is 1. The van der Waals surface area contributed by atoms with E-state index in [-0.39, 0.29) is 12.4 Å². The maximum atomic E-state index is 11.6. The summed E-state index contributed by atoms with van der Waals surface area (Å²) in [6, 6.07) is 17.9. The van der Waals surface area contributed by atoms with E-state index in [1.807, 2.05) is 42.5 Å². The molecular weight excluding hydrogens is 286 g/mol. The van der Waals surface area contributed by atoms with Crippen molar-refractivity contribution in [2.75, 3.05) is 6.54 Å². The molecule has 0 bridgehead atoms. The summed E-state index contributed by atoms with van der Waals surface area (Å²) in [6.45, 7) is 0.757. The fourth-order valence-electron chi connectivity index (χ4n) is 2.87. The molecule has 0 amide bonds. The first-order valence-corrected chi connectivity index (χ1v) is 6.87. The molecule has 1 heterocycles. The van der Waals surface area contributed by atoms with Gasteiger partial charge in [0.25, 0.3) is 0 Å². The van der Waals surface area contributed by atoms with Gasteiger partial charge in [0.15, 0.2) is 0 Å². The minimum atomic E-state index is -0.908. The first-order valence-electron chi connectivity index (χ1n) is 6.87. The first kappa shape index (κ1) is 15.5. The Bertz CT molecular complexity index is 604. The standard InChI is InChI=1S/C17H17NO2.ClH/c19-16(20)17(11-4-12-18-17)15-9-7-14(8-10-15)13-5-2-1-3-6-13;/h1-3,5-10,18H,4,11-12H2,(H,19,20);1H/t17-;/m1./s1. The third kappa shape index (κ3) is 2.80. The summed E-state index contributed by atoms with van der Waals surface area (Å²) in [5, 5.41) is 12.7. The second-order valence-electron chi connectivity index (χ2n) is 5.18. The molecule has 1 fully saturated rings. The number of hydrogen-bond donors (Lipinski definition) is 2. The molecule has 0 unspecified atom stereocenters. The number of halogens is 1. The van der Waals surface area contributed by atoms with Gasteiger partial charge in [0.05, 0.1) is 0 Å². The van der Waals surface area contributed by atoms with Gasteiger partial charge >= 0.3 is 5.97 Å². The summed E-state index contributed by atoms with van der Waals surface area (Å²) in [5.74, 6) is -0.789. The van der Waals surface area contributed by atoms with Gasteiger partial charge in [-0.1, -0.05) is 54.6 Å². The number of carboxylic acids is 1. The molecule has 1 saturated heterocycles. The Balaban J connectivity index is 0.00000161. The van der Waals surface area contributed by atoms with E-state index in [0.717, 1.165) is 29.7 Å². The number of benzene rings is 2. The van der Waals surface area contributed by atoms with Crippen LogP contribution < -0.4 is 5.32 Å². The van der Waals surface area contributed by atoms with Crippen molar-refractivity contribution < 1.29 is 9.90 Å². The van der Waals surface area contributed by atoms with Gasteiger partial charge in [-0.3, -0.25) is 5.32 Å². The molecule has 110 valence electrons. The SMILES string of the molecule is Cl.O=C(O)[C@]1(c2ccc(-c3ccccc3)cc2)CCCN1. The van der Waals surface area contributed by atoms with E-state index < -0.39 is 11.5 Å². The van der Waals surface area contributed by atoms with Gasteiger partial charge in [-0.25, -0.2) is 4.79 Å². The van der Waals surface area contributed by atoms with Crippen molar-refractivity contribution in [3.8, 4) is 11.1 Å². The lowest BCUT2D eigenvalue weighted by molar-refractivity contribution is -0.144. The van der Waals surface area contributed by atoms with E-state index in [2.05, 4.69) is 17.4 Å². The van der Waals surface area contributed by atoms with Gasteiger partial charge in [-0.15, -0.1) is 12.4 Å². The van der Waals surface area contributed by atoms with Crippen LogP contribution in [0.4, 0.5) is 0 Å². The third-order valence-corrected chi connectivity index (χ3v) is 4.01. The van der Waals surface area contributed by atoms with Crippen molar-refractivity contribution in [1.29, 1.82) is 0 Å². The lowest BCUT2D eigenvalue weighted by Crippen LogP contribution is -2.44. The average Bonchev–Trinajstić information content (AvgIpc) is 2.99. The quantitative estimate of drug-likeness (QED) is 0.913. The molecule has 1 aliphatic rings. The molecule has 1 aliphatic heterocycles. The van der Waals surface area contributed by atoms with Crippen LogP contribution in [0.5, 0.6) is 0 Å². The highest BCUT2D eigenvalue weighted by Crippen LogP contribution is 2.32. The molecule has 2 N–H and O–H groups in total. The molecule has 1 atom stereocenters. The Morgan fingerprint density at radius 2 is 1.62 bits per heavy atom. The molecule has 3 nitrogen and oxygen atoms in total. The van der Waals surface area contributed by atoms with E-state index in [9.17, 15) is 9.90 Å². The van der Waals surface area contributed by atoms with Gasteiger partial charge in [0.1, 0.15) is 5.54 Å². The molecule has 21 heavy (non-hydrogen) atoms. The van der Waals surface area contributed by atoms with E-state index in [1.54, 1.807) is 0 Å². The minimum absolute atomic E-state index is 0. The maximum Gasteiger partial charge on any atom is 0.328 e. The molecular formula is C17H18ClNO2. The first-order chi connectivity index (χ1) is 9.72. The van der Waals surface area contributed by atoms with Gasteiger partial charge in [0, 0.05) is 0 Å². The van der Waals surface area contributed by atoms with Crippen molar-refractivity contribution >= 4 is 18.4 Å². The predicted molar refractivity (Wildman–Crippen MR) is 85.7 cm³/mol. The molecule has 0 saturated carbocycles. The van der Waals surface area contributed by atoms with Gasteiger partial charge in [-0.05, 0) is 36.1 Å². The summed E-state index contributed by atoms with van der Waals surface area (Å²) in [6.07, 6.45) is 1.54. The van der Waals surface area contributed by atoms with E-state index in [4.69, 9.17) is 0 Å². The number of aliphatic carboxylic acids is 1. The zero-order valence-corrected chi connectivity index (χ0v) is 12.4. The number of carboxylic acid groups (broad SMARTS) is 1. The zero-order chi connectivity index (χ0) is 14.0. The van der Waals surface area contributed by atoms with Crippen LogP contribution in [-0.4, -0.2) is 17.6 Å². The van der Waals surface area contributed by atoms with Crippen LogP contribution >= 0.6 is 12.4 Å². The maximum absolute atomic E-state index is 11.6. The summed E-state index contributed by atoms with van der Waals surface area (Å²) in [4.78, 5) is 11.6. The highest BCUT2D eigenvalue weighted by molar-refractivity contribution is 5.85. The molecule has 4 heteroatoms. The molecule has 0 aliphatic carbocycles. The van der Waals surface area contributed by atoms with Crippen molar-refractivity contribution in [3.05, 3.63) is 60.2 Å². The van der Waals surface area contributed by atoms with Crippen molar-refractivity contribution in [3.63, 3.8) is 0 Å². The largest absolute Gasteiger partial charge is 0.480 e. The summed E-state index contributed by atoms with van der Waals surface area (Å²) in [7, 11) is 0. The van der Waals surface area contributed by atoms with Gasteiger partial charge in [0.2, 0.25) is 0 Å².